The molecule has 6 heteroatoms. The zero-order valence-corrected chi connectivity index (χ0v) is 19.1. The molecule has 1 saturated heterocycles. The summed E-state index contributed by atoms with van der Waals surface area (Å²) >= 11 is 6.09. The second-order valence-corrected chi connectivity index (χ2v) is 9.03. The van der Waals surface area contributed by atoms with Gasteiger partial charge in [-0.1, -0.05) is 60.0 Å². The monoisotopic (exact) mass is 452 g/mol. The van der Waals surface area contributed by atoms with Gasteiger partial charge in [-0.3, -0.25) is 9.59 Å². The molecule has 1 aliphatic carbocycles. The molecule has 5 nitrogen and oxygen atoms in total. The molecule has 1 saturated carbocycles. The van der Waals surface area contributed by atoms with Gasteiger partial charge in [-0.05, 0) is 61.9 Å². The maximum absolute atomic E-state index is 13.3. The van der Waals surface area contributed by atoms with Crippen molar-refractivity contribution in [3.05, 3.63) is 76.0 Å². The van der Waals surface area contributed by atoms with Crippen LogP contribution in [0, 0.1) is 6.92 Å². The highest BCUT2D eigenvalue weighted by molar-refractivity contribution is 6.30. The van der Waals surface area contributed by atoms with Gasteiger partial charge in [0.2, 0.25) is 5.91 Å². The lowest BCUT2D eigenvalue weighted by Crippen LogP contribution is -2.57. The number of hydrogen-bond acceptors (Lipinski definition) is 3. The van der Waals surface area contributed by atoms with Crippen LogP contribution in [0.2, 0.25) is 5.02 Å². The molecule has 1 N–H and O–H groups in total. The van der Waals surface area contributed by atoms with Crippen LogP contribution in [0.4, 0.5) is 0 Å². The zero-order chi connectivity index (χ0) is 22.5. The molecule has 1 aliphatic heterocycles. The van der Waals surface area contributed by atoms with E-state index >= 15 is 0 Å². The van der Waals surface area contributed by atoms with Crippen LogP contribution in [-0.4, -0.2) is 41.9 Å². The molecule has 0 spiro atoms. The van der Waals surface area contributed by atoms with E-state index in [9.17, 15) is 9.59 Å². The summed E-state index contributed by atoms with van der Waals surface area (Å²) < 4.78 is 6.10. The third kappa shape index (κ3) is 5.52. The molecular weight excluding hydrogens is 424 g/mol. The molecule has 2 aromatic rings. The Morgan fingerprint density at radius 3 is 2.75 bits per heavy atom. The van der Waals surface area contributed by atoms with Crippen molar-refractivity contribution in [2.24, 2.45) is 0 Å². The minimum atomic E-state index is -0.234. The normalized spacial score (nSPS) is 21.8. The fourth-order valence-corrected chi connectivity index (χ4v) is 4.62. The number of morpholine rings is 1. The van der Waals surface area contributed by atoms with Gasteiger partial charge in [0.15, 0.2) is 5.76 Å². The summed E-state index contributed by atoms with van der Waals surface area (Å²) in [7, 11) is 0. The number of rotatable bonds is 6. The van der Waals surface area contributed by atoms with Gasteiger partial charge in [0, 0.05) is 11.6 Å². The van der Waals surface area contributed by atoms with Gasteiger partial charge < -0.3 is 15.0 Å². The first kappa shape index (κ1) is 22.4. The average molecular weight is 453 g/mol. The first-order chi connectivity index (χ1) is 15.5. The lowest BCUT2D eigenvalue weighted by molar-refractivity contribution is -0.151. The Bertz CT molecular complexity index is 1000. The van der Waals surface area contributed by atoms with E-state index in [0.717, 1.165) is 37.7 Å². The third-order valence-corrected chi connectivity index (χ3v) is 6.37. The molecule has 2 fully saturated rings. The summed E-state index contributed by atoms with van der Waals surface area (Å²) in [6, 6.07) is 15.5. The predicted octanol–water partition coefficient (Wildman–Crippen LogP) is 4.52. The highest BCUT2D eigenvalue weighted by Gasteiger charge is 2.42. The highest BCUT2D eigenvalue weighted by Crippen LogP contribution is 2.33. The molecule has 0 radical (unpaired) electrons. The predicted molar refractivity (Wildman–Crippen MR) is 126 cm³/mol. The lowest BCUT2D eigenvalue weighted by Gasteiger charge is -2.44. The number of nitrogens with zero attached hydrogens (tertiary/aromatic N) is 1. The lowest BCUT2D eigenvalue weighted by atomic mass is 9.89. The molecule has 2 aliphatic rings. The molecule has 32 heavy (non-hydrogen) atoms. The van der Waals surface area contributed by atoms with Gasteiger partial charge in [0.25, 0.3) is 5.91 Å². The van der Waals surface area contributed by atoms with Gasteiger partial charge in [-0.25, -0.2) is 0 Å². The maximum atomic E-state index is 13.3. The minimum Gasteiger partial charge on any atom is -0.482 e. The van der Waals surface area contributed by atoms with E-state index in [4.69, 9.17) is 16.3 Å². The summed E-state index contributed by atoms with van der Waals surface area (Å²) in [4.78, 5) is 27.7. The molecule has 2 aromatic carbocycles. The summed E-state index contributed by atoms with van der Waals surface area (Å²) in [5.41, 5.74) is 3.20. The van der Waals surface area contributed by atoms with Gasteiger partial charge in [-0.2, -0.15) is 0 Å². The van der Waals surface area contributed by atoms with E-state index in [1.54, 1.807) is 23.1 Å². The summed E-state index contributed by atoms with van der Waals surface area (Å²) in [5.74, 6) is -0.0940. The fraction of sp³-hybridized carbons (Fsp3) is 0.385. The highest BCUT2D eigenvalue weighted by atomic mass is 35.5. The first-order valence-corrected chi connectivity index (χ1v) is 11.6. The number of nitrogens with one attached hydrogen (secondary N) is 1. The van der Waals surface area contributed by atoms with Crippen LogP contribution in [0.1, 0.15) is 42.4 Å². The van der Waals surface area contributed by atoms with Crippen LogP contribution in [0.5, 0.6) is 0 Å². The Morgan fingerprint density at radius 1 is 1.19 bits per heavy atom. The smallest absolute Gasteiger partial charge is 0.289 e. The van der Waals surface area contributed by atoms with Crippen molar-refractivity contribution in [1.29, 1.82) is 0 Å². The van der Waals surface area contributed by atoms with E-state index in [1.165, 1.54) is 11.1 Å². The first-order valence-electron chi connectivity index (χ1n) is 11.3. The Kier molecular flexibility index (Phi) is 7.15. The van der Waals surface area contributed by atoms with Crippen molar-refractivity contribution in [3.8, 4) is 0 Å². The molecule has 2 atom stereocenters. The average Bonchev–Trinajstić information content (AvgIpc) is 2.78. The van der Waals surface area contributed by atoms with Gasteiger partial charge in [0.1, 0.15) is 12.6 Å². The zero-order valence-electron chi connectivity index (χ0n) is 18.4. The minimum absolute atomic E-state index is 0.0458. The van der Waals surface area contributed by atoms with Crippen molar-refractivity contribution < 1.29 is 14.3 Å². The topological polar surface area (TPSA) is 58.6 Å². The molecule has 1 heterocycles. The van der Waals surface area contributed by atoms with E-state index in [0.29, 0.717) is 11.6 Å². The number of carbonyl (C=O) groups excluding carboxylic acids is 2. The second-order valence-electron chi connectivity index (χ2n) is 8.59. The quantitative estimate of drug-likeness (QED) is 0.655. The third-order valence-electron chi connectivity index (χ3n) is 6.13. The Hall–Kier alpha value is -2.79. The molecule has 2 amide bonds. The summed E-state index contributed by atoms with van der Waals surface area (Å²) in [5, 5.41) is 3.57. The molecule has 2 unspecified atom stereocenters. The number of amides is 2. The van der Waals surface area contributed by atoms with E-state index < -0.39 is 0 Å². The van der Waals surface area contributed by atoms with Crippen LogP contribution in [0.15, 0.2) is 54.3 Å². The van der Waals surface area contributed by atoms with Crippen LogP contribution in [0.25, 0.3) is 6.08 Å². The van der Waals surface area contributed by atoms with E-state index in [-0.39, 0.29) is 36.3 Å². The van der Waals surface area contributed by atoms with Crippen molar-refractivity contribution >= 4 is 29.5 Å². The van der Waals surface area contributed by atoms with Crippen LogP contribution in [0.3, 0.4) is 0 Å². The number of fused-ring (bicyclic) bond motifs is 1. The standard InChI is InChI=1S/C26H29ClN2O3/c1-18-9-11-19(12-10-18)13-14-28-25(30)17-29-22-7-2-3-8-23(22)32-24(26(29)31)16-20-5-4-6-21(27)15-20/h4-6,9-12,15-16,22-23H,2-3,7-8,13-14,17H2,1H3,(H,28,30)/b24-16+. The molecule has 0 bridgehead atoms. The summed E-state index contributed by atoms with van der Waals surface area (Å²) in [6.45, 7) is 2.64. The van der Waals surface area contributed by atoms with Gasteiger partial charge >= 0.3 is 0 Å². The van der Waals surface area contributed by atoms with Gasteiger partial charge in [-0.15, -0.1) is 0 Å². The SMILES string of the molecule is Cc1ccc(CCNC(=O)CN2C(=O)/C(=C\c3cccc(Cl)c3)OC3CCCCC32)cc1. The van der Waals surface area contributed by atoms with E-state index in [2.05, 4.69) is 36.5 Å². The Balaban J connectivity index is 1.43. The fourth-order valence-electron chi connectivity index (χ4n) is 4.42. The van der Waals surface area contributed by atoms with E-state index in [1.807, 2.05) is 12.1 Å². The Labute approximate surface area is 194 Å². The number of hydrogen-bond donors (Lipinski definition) is 1. The number of ether oxygens (including phenoxy) is 1. The number of aryl methyl sites for hydroxylation is 1. The second kappa shape index (κ2) is 10.2. The van der Waals surface area contributed by atoms with Crippen molar-refractivity contribution in [2.45, 2.75) is 51.2 Å². The summed E-state index contributed by atoms with van der Waals surface area (Å²) in [6.07, 6.45) is 6.25. The van der Waals surface area contributed by atoms with Crippen molar-refractivity contribution in [2.75, 3.05) is 13.1 Å². The van der Waals surface area contributed by atoms with Crippen LogP contribution >= 0.6 is 11.6 Å². The van der Waals surface area contributed by atoms with Crippen molar-refractivity contribution in [3.63, 3.8) is 0 Å². The van der Waals surface area contributed by atoms with Gasteiger partial charge in [0.05, 0.1) is 6.04 Å². The molecule has 168 valence electrons. The number of carbonyl (C=O) groups is 2. The van der Waals surface area contributed by atoms with Crippen molar-refractivity contribution in [1.82, 2.24) is 10.2 Å². The number of halogens is 1. The molecular formula is C26H29ClN2O3. The van der Waals surface area contributed by atoms with Crippen LogP contribution < -0.4 is 5.32 Å². The maximum Gasteiger partial charge on any atom is 0.289 e. The molecule has 0 aromatic heterocycles. The van der Waals surface area contributed by atoms with Crippen LogP contribution in [-0.2, 0) is 20.7 Å². The molecule has 4 rings (SSSR count). The largest absolute Gasteiger partial charge is 0.482 e. The Morgan fingerprint density at radius 2 is 1.97 bits per heavy atom. The number of benzene rings is 2.